The lowest BCUT2D eigenvalue weighted by Crippen LogP contribution is -2.67. The lowest BCUT2D eigenvalue weighted by molar-refractivity contribution is -0.392. The topological polar surface area (TPSA) is 12.0 Å². The van der Waals surface area contributed by atoms with Gasteiger partial charge in [0.1, 0.15) is 0 Å². The van der Waals surface area contributed by atoms with Gasteiger partial charge in [-0.25, -0.2) is 4.39 Å². The molecule has 144 valence electrons. The first-order chi connectivity index (χ1) is 10.4. The largest absolute Gasteiger partial charge is 0.438 e. The molecule has 0 atom stereocenters. The maximum atomic E-state index is 13.4. The molecule has 0 bridgehead atoms. The number of hydrogen-bond acceptors (Lipinski definition) is 1. The molecule has 0 rings (SSSR count). The van der Waals surface area contributed by atoms with Crippen LogP contribution in [0.15, 0.2) is 11.7 Å². The second kappa shape index (κ2) is 6.59. The predicted octanol–water partition coefficient (Wildman–Crippen LogP) is 5.20. The molecule has 0 saturated heterocycles. The summed E-state index contributed by atoms with van der Waals surface area (Å²) in [7, 11) is 0. The van der Waals surface area contributed by atoms with Crippen LogP contribution >= 0.6 is 0 Å². The quantitative estimate of drug-likeness (QED) is 0.487. The van der Waals surface area contributed by atoms with Crippen molar-refractivity contribution in [2.45, 2.75) is 43.3 Å². The number of nitrogens with one attached hydrogen (secondary N) is 1. The van der Waals surface area contributed by atoms with Crippen molar-refractivity contribution in [2.75, 3.05) is 6.54 Å². The average Bonchev–Trinajstić information content (AvgIpc) is 2.30. The van der Waals surface area contributed by atoms with Crippen molar-refractivity contribution in [3.8, 4) is 0 Å². The number of rotatable bonds is 6. The summed E-state index contributed by atoms with van der Waals surface area (Å²) >= 11 is 0. The Morgan fingerprint density at radius 3 is 1.38 bits per heavy atom. The van der Waals surface area contributed by atoms with Crippen LogP contribution in [0, 0.1) is 0 Å². The molecular formula is C10H8F13N. The molecule has 0 aliphatic heterocycles. The highest BCUT2D eigenvalue weighted by Gasteiger charge is 2.87. The van der Waals surface area contributed by atoms with E-state index in [0.29, 0.717) is 5.32 Å². The van der Waals surface area contributed by atoms with E-state index in [1.165, 1.54) is 0 Å². The molecule has 0 aromatic heterocycles. The van der Waals surface area contributed by atoms with E-state index in [4.69, 9.17) is 0 Å². The predicted molar refractivity (Wildman–Crippen MR) is 53.4 cm³/mol. The van der Waals surface area contributed by atoms with Gasteiger partial charge < -0.3 is 0 Å². The van der Waals surface area contributed by atoms with Crippen molar-refractivity contribution in [2.24, 2.45) is 0 Å². The third kappa shape index (κ3) is 3.72. The molecule has 14 heteroatoms. The van der Waals surface area contributed by atoms with Gasteiger partial charge in [-0.1, -0.05) is 6.92 Å². The van der Waals surface area contributed by atoms with E-state index in [0.717, 1.165) is 6.92 Å². The van der Waals surface area contributed by atoms with Gasteiger partial charge in [-0.2, -0.15) is 52.7 Å². The first-order valence-electron chi connectivity index (χ1n) is 5.77. The molecule has 0 aliphatic rings. The summed E-state index contributed by atoms with van der Waals surface area (Å²) in [4.78, 5) is 0. The highest BCUT2D eigenvalue weighted by molar-refractivity contribution is 5.29. The van der Waals surface area contributed by atoms with Crippen LogP contribution in [0.25, 0.3) is 0 Å². The van der Waals surface area contributed by atoms with E-state index < -0.39 is 48.2 Å². The minimum absolute atomic E-state index is 0.346. The van der Waals surface area contributed by atoms with Gasteiger partial charge in [-0.15, -0.1) is 0 Å². The number of halogens is 13. The monoisotopic (exact) mass is 389 g/mol. The smallest absolute Gasteiger partial charge is 0.254 e. The van der Waals surface area contributed by atoms with Crippen molar-refractivity contribution < 1.29 is 57.1 Å². The highest BCUT2D eigenvalue weighted by atomic mass is 19.4. The lowest BCUT2D eigenvalue weighted by Gasteiger charge is -2.38. The van der Waals surface area contributed by atoms with Crippen LogP contribution in [0.3, 0.4) is 0 Å². The van der Waals surface area contributed by atoms with E-state index >= 15 is 0 Å². The van der Waals surface area contributed by atoms with Crippen LogP contribution in [0.4, 0.5) is 57.1 Å². The van der Waals surface area contributed by atoms with Crippen LogP contribution in [0.5, 0.6) is 0 Å². The molecule has 0 saturated carbocycles. The molecule has 0 radical (unpaired) electrons. The van der Waals surface area contributed by atoms with Crippen LogP contribution in [0.1, 0.15) is 13.3 Å². The normalized spacial score (nSPS) is 14.8. The number of hydrogen-bond donors (Lipinski definition) is 1. The summed E-state index contributed by atoms with van der Waals surface area (Å²) in [5.74, 6) is -7.35. The van der Waals surface area contributed by atoms with Gasteiger partial charge in [-0.3, -0.25) is 5.32 Å². The van der Waals surface area contributed by atoms with Gasteiger partial charge in [-0.05, 0) is 6.42 Å². The van der Waals surface area contributed by atoms with Crippen molar-refractivity contribution in [3.63, 3.8) is 0 Å². The maximum absolute atomic E-state index is 13.4. The first-order valence-corrected chi connectivity index (χ1v) is 5.77. The molecule has 0 heterocycles. The standard InChI is InChI=1S/C10H8F13N/c1-2-3-24-7(15,16)4(5(11)12)6(13,14)8(17,9(18,19)20)10(21,22)23/h24H,2-3H2,1H3. The van der Waals surface area contributed by atoms with Gasteiger partial charge in [0.2, 0.25) is 0 Å². The van der Waals surface area contributed by atoms with Gasteiger partial charge >= 0.3 is 30.0 Å². The van der Waals surface area contributed by atoms with Crippen molar-refractivity contribution in [1.29, 1.82) is 0 Å². The summed E-state index contributed by atoms with van der Waals surface area (Å²) in [6, 6.07) is -5.74. The highest BCUT2D eigenvalue weighted by Crippen LogP contribution is 2.59. The zero-order chi connectivity index (χ0) is 19.8. The van der Waals surface area contributed by atoms with E-state index in [-0.39, 0.29) is 6.42 Å². The maximum Gasteiger partial charge on any atom is 0.438 e. The van der Waals surface area contributed by atoms with Crippen molar-refractivity contribution >= 4 is 0 Å². The van der Waals surface area contributed by atoms with E-state index in [2.05, 4.69) is 0 Å². The molecular weight excluding hydrogens is 381 g/mol. The number of alkyl halides is 11. The fraction of sp³-hybridized carbons (Fsp3) is 0.800. The zero-order valence-electron chi connectivity index (χ0n) is 11.3. The van der Waals surface area contributed by atoms with Gasteiger partial charge in [0.15, 0.2) is 5.57 Å². The van der Waals surface area contributed by atoms with E-state index in [1.807, 2.05) is 0 Å². The fourth-order valence-corrected chi connectivity index (χ4v) is 1.49. The molecule has 0 fully saturated rings. The summed E-state index contributed by atoms with van der Waals surface area (Å²) in [5.41, 5.74) is -11.9. The van der Waals surface area contributed by atoms with Crippen LogP contribution in [0.2, 0.25) is 0 Å². The third-order valence-corrected chi connectivity index (χ3v) is 2.63. The molecule has 0 unspecified atom stereocenters. The first kappa shape index (κ1) is 22.8. The average molecular weight is 389 g/mol. The molecule has 0 aliphatic carbocycles. The van der Waals surface area contributed by atoms with Crippen LogP contribution in [-0.2, 0) is 0 Å². The summed E-state index contributed by atoms with van der Waals surface area (Å²) in [6.07, 6.45) is -19.7. The van der Waals surface area contributed by atoms with Gasteiger partial charge in [0, 0.05) is 6.54 Å². The minimum atomic E-state index is -7.66. The molecule has 1 N–H and O–H groups in total. The molecule has 0 amide bonds. The van der Waals surface area contributed by atoms with E-state index in [1.54, 1.807) is 0 Å². The Kier molecular flexibility index (Phi) is 6.26. The summed E-state index contributed by atoms with van der Waals surface area (Å²) in [6.45, 7) is 0.0540. The Balaban J connectivity index is 6.55. The Morgan fingerprint density at radius 1 is 0.750 bits per heavy atom. The van der Waals surface area contributed by atoms with Gasteiger partial charge in [0.25, 0.3) is 6.08 Å². The SMILES string of the molecule is CCCNC(F)(F)C(=C(F)F)C(F)(F)C(F)(C(F)(F)F)C(F)(F)F. The Labute approximate surface area is 125 Å². The van der Waals surface area contributed by atoms with Crippen LogP contribution in [-0.4, -0.2) is 36.5 Å². The van der Waals surface area contributed by atoms with Gasteiger partial charge in [0.05, 0.1) is 0 Å². The second-order valence-electron chi connectivity index (χ2n) is 4.36. The van der Waals surface area contributed by atoms with Crippen molar-refractivity contribution in [3.05, 3.63) is 11.7 Å². The molecule has 1 nitrogen and oxygen atoms in total. The second-order valence-corrected chi connectivity index (χ2v) is 4.36. The van der Waals surface area contributed by atoms with Crippen LogP contribution < -0.4 is 5.32 Å². The summed E-state index contributed by atoms with van der Waals surface area (Å²) in [5, 5.41) is 0.619. The van der Waals surface area contributed by atoms with Crippen molar-refractivity contribution in [1.82, 2.24) is 5.32 Å². The zero-order valence-corrected chi connectivity index (χ0v) is 11.3. The molecule has 24 heavy (non-hydrogen) atoms. The lowest BCUT2D eigenvalue weighted by atomic mass is 9.89. The molecule has 0 aromatic rings. The molecule has 0 aromatic carbocycles. The Morgan fingerprint density at radius 2 is 1.12 bits per heavy atom. The fourth-order valence-electron chi connectivity index (χ4n) is 1.49. The minimum Gasteiger partial charge on any atom is -0.254 e. The van der Waals surface area contributed by atoms with E-state index in [9.17, 15) is 57.1 Å². The molecule has 0 spiro atoms. The summed E-state index contributed by atoms with van der Waals surface area (Å²) < 4.78 is 165. The Hall–Kier alpha value is -1.21. The Bertz CT molecular complexity index is 454. The third-order valence-electron chi connectivity index (χ3n) is 2.63.